The number of rotatable bonds is 5. The number of carbonyl (C=O) groups excluding carboxylic acids is 2. The Morgan fingerprint density at radius 1 is 1.47 bits per heavy atom. The Hall–Kier alpha value is -2.57. The van der Waals surface area contributed by atoms with Gasteiger partial charge in [-0.15, -0.1) is 0 Å². The van der Waals surface area contributed by atoms with Gasteiger partial charge in [0.05, 0.1) is 23.7 Å². The number of anilines is 1. The van der Waals surface area contributed by atoms with Crippen molar-refractivity contribution in [3.05, 3.63) is 36.5 Å². The van der Waals surface area contributed by atoms with E-state index in [-0.39, 0.29) is 24.8 Å². The van der Waals surface area contributed by atoms with Gasteiger partial charge in [0, 0.05) is 26.2 Å². The summed E-state index contributed by atoms with van der Waals surface area (Å²) in [7, 11) is 1.76. The Bertz CT molecular complexity index is 559. The highest BCUT2D eigenvalue weighted by molar-refractivity contribution is 5.94. The summed E-state index contributed by atoms with van der Waals surface area (Å²) >= 11 is 0. The zero-order chi connectivity index (χ0) is 13.7. The molecule has 0 saturated carbocycles. The number of hydrogen-bond donors (Lipinski definition) is 2. The molecule has 2 amide bonds. The van der Waals surface area contributed by atoms with Crippen molar-refractivity contribution in [2.24, 2.45) is 7.05 Å². The molecular formula is C12H14N4O3. The first-order valence-electron chi connectivity index (χ1n) is 5.74. The van der Waals surface area contributed by atoms with Crippen LogP contribution in [0, 0.1) is 0 Å². The van der Waals surface area contributed by atoms with Crippen molar-refractivity contribution < 1.29 is 14.0 Å². The topological polar surface area (TPSA) is 89.2 Å². The second-order valence-electron chi connectivity index (χ2n) is 3.97. The monoisotopic (exact) mass is 262 g/mol. The summed E-state index contributed by atoms with van der Waals surface area (Å²) in [6.07, 6.45) is 6.22. The van der Waals surface area contributed by atoms with Crippen LogP contribution in [0.2, 0.25) is 0 Å². The fourth-order valence-corrected chi connectivity index (χ4v) is 1.49. The van der Waals surface area contributed by atoms with Crippen LogP contribution in [0.5, 0.6) is 0 Å². The van der Waals surface area contributed by atoms with E-state index in [2.05, 4.69) is 15.7 Å². The van der Waals surface area contributed by atoms with Gasteiger partial charge in [0.15, 0.2) is 0 Å². The van der Waals surface area contributed by atoms with Crippen LogP contribution in [-0.4, -0.2) is 28.1 Å². The third-order valence-corrected chi connectivity index (χ3v) is 2.41. The molecule has 19 heavy (non-hydrogen) atoms. The average Bonchev–Trinajstić information content (AvgIpc) is 3.00. The minimum absolute atomic E-state index is 0.180. The molecule has 0 aromatic carbocycles. The van der Waals surface area contributed by atoms with Gasteiger partial charge in [-0.05, 0) is 6.07 Å². The number of aromatic nitrogens is 2. The van der Waals surface area contributed by atoms with E-state index in [1.807, 2.05) is 0 Å². The molecular weight excluding hydrogens is 248 g/mol. The summed E-state index contributed by atoms with van der Waals surface area (Å²) in [4.78, 5) is 23.1. The maximum absolute atomic E-state index is 11.6. The SMILES string of the molecule is Cn1cc(NC(=O)CCNC(=O)c2ccoc2)cn1. The van der Waals surface area contributed by atoms with Gasteiger partial charge in [-0.25, -0.2) is 0 Å². The summed E-state index contributed by atoms with van der Waals surface area (Å²) in [5.74, 6) is -0.441. The van der Waals surface area contributed by atoms with Crippen LogP contribution in [0.1, 0.15) is 16.8 Å². The molecule has 2 aromatic heterocycles. The number of aryl methyl sites for hydroxylation is 1. The lowest BCUT2D eigenvalue weighted by Gasteiger charge is -2.04. The predicted molar refractivity (Wildman–Crippen MR) is 67.5 cm³/mol. The third-order valence-electron chi connectivity index (χ3n) is 2.41. The lowest BCUT2D eigenvalue weighted by Crippen LogP contribution is -2.27. The third kappa shape index (κ3) is 3.70. The second kappa shape index (κ2) is 5.85. The van der Waals surface area contributed by atoms with Crippen molar-refractivity contribution in [1.82, 2.24) is 15.1 Å². The van der Waals surface area contributed by atoms with Crippen molar-refractivity contribution in [3.8, 4) is 0 Å². The number of hydrogen-bond acceptors (Lipinski definition) is 4. The molecule has 2 N–H and O–H groups in total. The molecule has 2 aromatic rings. The summed E-state index contributed by atoms with van der Waals surface area (Å²) in [5, 5.41) is 9.24. The Morgan fingerprint density at radius 2 is 2.32 bits per heavy atom. The average molecular weight is 262 g/mol. The predicted octanol–water partition coefficient (Wildman–Crippen LogP) is 0.772. The first-order chi connectivity index (χ1) is 9.15. The zero-order valence-corrected chi connectivity index (χ0v) is 10.4. The molecule has 100 valence electrons. The van der Waals surface area contributed by atoms with Gasteiger partial charge in [0.2, 0.25) is 5.91 Å². The number of nitrogens with zero attached hydrogens (tertiary/aromatic N) is 2. The minimum Gasteiger partial charge on any atom is -0.472 e. The quantitative estimate of drug-likeness (QED) is 0.833. The van der Waals surface area contributed by atoms with Crippen molar-refractivity contribution in [2.75, 3.05) is 11.9 Å². The van der Waals surface area contributed by atoms with Gasteiger partial charge in [-0.2, -0.15) is 5.10 Å². The van der Waals surface area contributed by atoms with Crippen molar-refractivity contribution in [1.29, 1.82) is 0 Å². The highest BCUT2D eigenvalue weighted by Gasteiger charge is 2.08. The summed E-state index contributed by atoms with van der Waals surface area (Å²) in [5.41, 5.74) is 1.07. The Balaban J connectivity index is 1.71. The van der Waals surface area contributed by atoms with Crippen LogP contribution in [0.4, 0.5) is 5.69 Å². The molecule has 0 aliphatic heterocycles. The smallest absolute Gasteiger partial charge is 0.254 e. The molecule has 2 rings (SSSR count). The van der Waals surface area contributed by atoms with E-state index in [4.69, 9.17) is 4.42 Å². The first kappa shape index (κ1) is 12.9. The molecule has 0 bridgehead atoms. The van der Waals surface area contributed by atoms with Gasteiger partial charge in [-0.3, -0.25) is 14.3 Å². The molecule has 0 aliphatic carbocycles. The number of furan rings is 1. The van der Waals surface area contributed by atoms with Crippen molar-refractivity contribution >= 4 is 17.5 Å². The van der Waals surface area contributed by atoms with Gasteiger partial charge < -0.3 is 15.1 Å². The highest BCUT2D eigenvalue weighted by atomic mass is 16.3. The van der Waals surface area contributed by atoms with Crippen molar-refractivity contribution in [2.45, 2.75) is 6.42 Å². The minimum atomic E-state index is -0.261. The zero-order valence-electron chi connectivity index (χ0n) is 10.4. The van der Waals surface area contributed by atoms with E-state index < -0.39 is 0 Å². The van der Waals surface area contributed by atoms with Gasteiger partial charge >= 0.3 is 0 Å². The molecule has 0 radical (unpaired) electrons. The Kier molecular flexibility index (Phi) is 3.97. The molecule has 0 unspecified atom stereocenters. The van der Waals surface area contributed by atoms with E-state index in [0.29, 0.717) is 11.3 Å². The van der Waals surface area contributed by atoms with E-state index in [9.17, 15) is 9.59 Å². The maximum Gasteiger partial charge on any atom is 0.254 e. The van der Waals surface area contributed by atoms with E-state index in [1.165, 1.54) is 12.5 Å². The van der Waals surface area contributed by atoms with Gasteiger partial charge in [0.25, 0.3) is 5.91 Å². The fourth-order valence-electron chi connectivity index (χ4n) is 1.49. The summed E-state index contributed by atoms with van der Waals surface area (Å²) in [6.45, 7) is 0.260. The van der Waals surface area contributed by atoms with Crippen LogP contribution in [0.25, 0.3) is 0 Å². The number of nitrogens with one attached hydrogen (secondary N) is 2. The van der Waals surface area contributed by atoms with E-state index >= 15 is 0 Å². The molecule has 7 heteroatoms. The van der Waals surface area contributed by atoms with Crippen LogP contribution in [0.3, 0.4) is 0 Å². The van der Waals surface area contributed by atoms with E-state index in [1.54, 1.807) is 30.2 Å². The van der Waals surface area contributed by atoms with Gasteiger partial charge in [-0.1, -0.05) is 0 Å². The highest BCUT2D eigenvalue weighted by Crippen LogP contribution is 2.03. The maximum atomic E-state index is 11.6. The fraction of sp³-hybridized carbons (Fsp3) is 0.250. The molecule has 0 aliphatic rings. The number of carbonyl (C=O) groups is 2. The van der Waals surface area contributed by atoms with Crippen molar-refractivity contribution in [3.63, 3.8) is 0 Å². The molecule has 7 nitrogen and oxygen atoms in total. The summed E-state index contributed by atoms with van der Waals surface area (Å²) in [6, 6.07) is 1.56. The molecule has 0 atom stereocenters. The van der Waals surface area contributed by atoms with Crippen LogP contribution in [0.15, 0.2) is 35.4 Å². The number of amides is 2. The van der Waals surface area contributed by atoms with E-state index in [0.717, 1.165) is 0 Å². The molecule has 0 spiro atoms. The molecule has 0 saturated heterocycles. The second-order valence-corrected chi connectivity index (χ2v) is 3.97. The first-order valence-corrected chi connectivity index (χ1v) is 5.74. The molecule has 0 fully saturated rings. The Labute approximate surface area is 109 Å². The van der Waals surface area contributed by atoms with Crippen LogP contribution < -0.4 is 10.6 Å². The standard InChI is InChI=1S/C12H14N4O3/c1-16-7-10(6-14-16)15-11(17)2-4-13-12(18)9-3-5-19-8-9/h3,5-8H,2,4H2,1H3,(H,13,18)(H,15,17). The lowest BCUT2D eigenvalue weighted by atomic mass is 10.3. The van der Waals surface area contributed by atoms with Gasteiger partial charge in [0.1, 0.15) is 6.26 Å². The Morgan fingerprint density at radius 3 is 2.95 bits per heavy atom. The summed E-state index contributed by atoms with van der Waals surface area (Å²) < 4.78 is 6.39. The van der Waals surface area contributed by atoms with Crippen LogP contribution >= 0.6 is 0 Å². The largest absolute Gasteiger partial charge is 0.472 e. The lowest BCUT2D eigenvalue weighted by molar-refractivity contribution is -0.116. The molecule has 2 heterocycles. The van der Waals surface area contributed by atoms with Crippen LogP contribution in [-0.2, 0) is 11.8 Å². The normalized spacial score (nSPS) is 10.2.